The van der Waals surface area contributed by atoms with Crippen molar-refractivity contribution in [2.24, 2.45) is 0 Å². The number of aliphatic carboxylic acids is 1. The van der Waals surface area contributed by atoms with Crippen molar-refractivity contribution in [1.82, 2.24) is 14.9 Å². The van der Waals surface area contributed by atoms with Crippen LogP contribution in [0.1, 0.15) is 6.42 Å². The molecule has 1 amide bonds. The monoisotopic (exact) mass is 328 g/mol. The van der Waals surface area contributed by atoms with E-state index in [2.05, 4.69) is 25.9 Å². The van der Waals surface area contributed by atoms with E-state index in [1.807, 2.05) is 4.90 Å². The van der Waals surface area contributed by atoms with E-state index < -0.39 is 12.4 Å². The lowest BCUT2D eigenvalue weighted by molar-refractivity contribution is -0.144. The van der Waals surface area contributed by atoms with E-state index in [-0.39, 0.29) is 5.91 Å². The van der Waals surface area contributed by atoms with Gasteiger partial charge in [-0.15, -0.1) is 0 Å². The summed E-state index contributed by atoms with van der Waals surface area (Å²) < 4.78 is 0.812. The fourth-order valence-electron chi connectivity index (χ4n) is 1.87. The SMILES string of the molecule is O=C(O)CC(=O)N1CCN(c2ncc(Br)cn2)CC1. The Bertz CT molecular complexity index is 471. The number of carboxylic acids is 1. The number of halogens is 1. The van der Waals surface area contributed by atoms with E-state index in [1.165, 1.54) is 0 Å². The normalized spacial score (nSPS) is 15.4. The molecule has 0 aromatic carbocycles. The molecule has 1 saturated heterocycles. The van der Waals surface area contributed by atoms with Crippen LogP contribution in [-0.4, -0.2) is 58.0 Å². The Morgan fingerprint density at radius 3 is 2.32 bits per heavy atom. The van der Waals surface area contributed by atoms with Crippen molar-refractivity contribution >= 4 is 33.8 Å². The molecule has 1 N–H and O–H groups in total. The van der Waals surface area contributed by atoms with Gasteiger partial charge in [-0.25, -0.2) is 9.97 Å². The van der Waals surface area contributed by atoms with Crippen LogP contribution in [-0.2, 0) is 9.59 Å². The van der Waals surface area contributed by atoms with Gasteiger partial charge in [-0.1, -0.05) is 0 Å². The third-order valence-corrected chi connectivity index (χ3v) is 3.23. The lowest BCUT2D eigenvalue weighted by atomic mass is 10.3. The van der Waals surface area contributed by atoms with Crippen LogP contribution in [0, 0.1) is 0 Å². The number of piperazine rings is 1. The van der Waals surface area contributed by atoms with Crippen molar-refractivity contribution in [1.29, 1.82) is 0 Å². The Labute approximate surface area is 118 Å². The van der Waals surface area contributed by atoms with Gasteiger partial charge < -0.3 is 14.9 Å². The second-order valence-corrected chi connectivity index (χ2v) is 5.06. The molecule has 1 aliphatic rings. The minimum Gasteiger partial charge on any atom is -0.481 e. The Morgan fingerprint density at radius 1 is 1.21 bits per heavy atom. The molecule has 0 bridgehead atoms. The quantitative estimate of drug-likeness (QED) is 0.806. The molecule has 0 unspecified atom stereocenters. The number of amides is 1. The number of aromatic nitrogens is 2. The highest BCUT2D eigenvalue weighted by molar-refractivity contribution is 9.10. The van der Waals surface area contributed by atoms with Crippen LogP contribution < -0.4 is 4.90 Å². The van der Waals surface area contributed by atoms with Crippen LogP contribution in [0.5, 0.6) is 0 Å². The molecule has 8 heteroatoms. The predicted molar refractivity (Wildman–Crippen MR) is 70.8 cm³/mol. The number of nitrogens with zero attached hydrogens (tertiary/aromatic N) is 4. The lowest BCUT2D eigenvalue weighted by Crippen LogP contribution is -2.49. The van der Waals surface area contributed by atoms with Crippen molar-refractivity contribution in [3.8, 4) is 0 Å². The minimum atomic E-state index is -1.09. The largest absolute Gasteiger partial charge is 0.481 e. The Hall–Kier alpha value is -1.70. The van der Waals surface area contributed by atoms with E-state index >= 15 is 0 Å². The highest BCUT2D eigenvalue weighted by Gasteiger charge is 2.23. The summed E-state index contributed by atoms with van der Waals surface area (Å²) in [4.78, 5) is 34.0. The van der Waals surface area contributed by atoms with Crippen LogP contribution in [0.4, 0.5) is 5.95 Å². The molecule has 2 rings (SSSR count). The summed E-state index contributed by atoms with van der Waals surface area (Å²) in [6, 6.07) is 0. The van der Waals surface area contributed by atoms with E-state index in [4.69, 9.17) is 5.11 Å². The summed E-state index contributed by atoms with van der Waals surface area (Å²) in [5, 5.41) is 8.59. The molecule has 0 atom stereocenters. The van der Waals surface area contributed by atoms with Crippen molar-refractivity contribution in [2.75, 3.05) is 31.1 Å². The second kappa shape index (κ2) is 5.96. The Balaban J connectivity index is 1.90. The number of rotatable bonds is 3. The predicted octanol–water partition coefficient (Wildman–Crippen LogP) is 0.362. The molecule has 19 heavy (non-hydrogen) atoms. The number of hydrogen-bond acceptors (Lipinski definition) is 5. The maximum atomic E-state index is 11.6. The second-order valence-electron chi connectivity index (χ2n) is 4.14. The van der Waals surface area contributed by atoms with Gasteiger partial charge in [0, 0.05) is 38.6 Å². The van der Waals surface area contributed by atoms with E-state index in [0.717, 1.165) is 4.47 Å². The smallest absolute Gasteiger partial charge is 0.312 e. The zero-order valence-corrected chi connectivity index (χ0v) is 11.7. The maximum Gasteiger partial charge on any atom is 0.312 e. The van der Waals surface area contributed by atoms with Crippen molar-refractivity contribution in [2.45, 2.75) is 6.42 Å². The fraction of sp³-hybridized carbons (Fsp3) is 0.455. The topological polar surface area (TPSA) is 86.6 Å². The number of carbonyl (C=O) groups excluding carboxylic acids is 1. The van der Waals surface area contributed by atoms with Crippen molar-refractivity contribution in [3.05, 3.63) is 16.9 Å². The van der Waals surface area contributed by atoms with Gasteiger partial charge in [0.05, 0.1) is 4.47 Å². The maximum absolute atomic E-state index is 11.6. The van der Waals surface area contributed by atoms with Gasteiger partial charge in [0.25, 0.3) is 0 Å². The van der Waals surface area contributed by atoms with Gasteiger partial charge in [0.15, 0.2) is 0 Å². The number of hydrogen-bond donors (Lipinski definition) is 1. The zero-order valence-electron chi connectivity index (χ0n) is 10.1. The number of carboxylic acid groups (broad SMARTS) is 1. The Morgan fingerprint density at radius 2 is 1.79 bits per heavy atom. The number of anilines is 1. The molecule has 0 saturated carbocycles. The highest BCUT2D eigenvalue weighted by atomic mass is 79.9. The average Bonchev–Trinajstić information content (AvgIpc) is 2.39. The first-order valence-corrected chi connectivity index (χ1v) is 6.57. The summed E-state index contributed by atoms with van der Waals surface area (Å²) in [7, 11) is 0. The highest BCUT2D eigenvalue weighted by Crippen LogP contribution is 2.13. The summed E-state index contributed by atoms with van der Waals surface area (Å²) >= 11 is 3.27. The fourth-order valence-corrected chi connectivity index (χ4v) is 2.07. The molecule has 0 radical (unpaired) electrons. The van der Waals surface area contributed by atoms with Crippen molar-refractivity contribution < 1.29 is 14.7 Å². The van der Waals surface area contributed by atoms with Gasteiger partial charge in [0.2, 0.25) is 11.9 Å². The molecule has 1 aromatic heterocycles. The molecule has 2 heterocycles. The zero-order chi connectivity index (χ0) is 13.8. The van der Waals surface area contributed by atoms with Crippen LogP contribution in [0.2, 0.25) is 0 Å². The van der Waals surface area contributed by atoms with Crippen LogP contribution >= 0.6 is 15.9 Å². The average molecular weight is 329 g/mol. The number of carbonyl (C=O) groups is 2. The molecule has 7 nitrogen and oxygen atoms in total. The van der Waals surface area contributed by atoms with Gasteiger partial charge in [-0.2, -0.15) is 0 Å². The molecule has 1 aromatic rings. The minimum absolute atomic E-state index is 0.344. The van der Waals surface area contributed by atoms with Gasteiger partial charge in [-0.05, 0) is 15.9 Å². The molecule has 0 aliphatic carbocycles. The molecular weight excluding hydrogens is 316 g/mol. The summed E-state index contributed by atoms with van der Waals surface area (Å²) in [6.45, 7) is 2.19. The van der Waals surface area contributed by atoms with Gasteiger partial charge in [0.1, 0.15) is 6.42 Å². The van der Waals surface area contributed by atoms with E-state index in [9.17, 15) is 9.59 Å². The molecule has 0 spiro atoms. The van der Waals surface area contributed by atoms with Crippen LogP contribution in [0.25, 0.3) is 0 Å². The van der Waals surface area contributed by atoms with Crippen molar-refractivity contribution in [3.63, 3.8) is 0 Å². The first-order valence-electron chi connectivity index (χ1n) is 5.78. The third kappa shape index (κ3) is 3.63. The summed E-state index contributed by atoms with van der Waals surface area (Å²) in [5.41, 5.74) is 0. The van der Waals surface area contributed by atoms with Gasteiger partial charge >= 0.3 is 5.97 Å². The van der Waals surface area contributed by atoms with E-state index in [0.29, 0.717) is 32.1 Å². The first-order chi connectivity index (χ1) is 9.06. The standard InChI is InChI=1S/C11H13BrN4O3/c12-8-6-13-11(14-7-8)16-3-1-15(2-4-16)9(17)5-10(18)19/h6-7H,1-5H2,(H,18,19). The Kier molecular flexibility index (Phi) is 4.31. The lowest BCUT2D eigenvalue weighted by Gasteiger charge is -2.34. The first kappa shape index (κ1) is 13.7. The summed E-state index contributed by atoms with van der Waals surface area (Å²) in [6.07, 6.45) is 2.89. The molecule has 102 valence electrons. The third-order valence-electron chi connectivity index (χ3n) is 2.82. The summed E-state index contributed by atoms with van der Waals surface area (Å²) in [5.74, 6) is -0.818. The molecule has 1 aliphatic heterocycles. The van der Waals surface area contributed by atoms with Crippen LogP contribution in [0.15, 0.2) is 16.9 Å². The van der Waals surface area contributed by atoms with Crippen LogP contribution in [0.3, 0.4) is 0 Å². The van der Waals surface area contributed by atoms with E-state index in [1.54, 1.807) is 17.3 Å². The molecule has 1 fully saturated rings. The van der Waals surface area contributed by atoms with Gasteiger partial charge in [-0.3, -0.25) is 9.59 Å². The molecular formula is C11H13BrN4O3.